The van der Waals surface area contributed by atoms with Crippen molar-refractivity contribution in [2.24, 2.45) is 0 Å². The van der Waals surface area contributed by atoms with Crippen molar-refractivity contribution in [2.45, 2.75) is 26.3 Å². The SMILES string of the molecule is C=CC(=O)N1CCN(c2nc(C)cc(OC)n2)C(CC)C1. The summed E-state index contributed by atoms with van der Waals surface area (Å²) in [5.74, 6) is 1.22. The fraction of sp³-hybridized carbons (Fsp3) is 0.533. The minimum absolute atomic E-state index is 0.0177. The molecule has 21 heavy (non-hydrogen) atoms. The third-order valence-electron chi connectivity index (χ3n) is 3.73. The topological polar surface area (TPSA) is 58.6 Å². The van der Waals surface area contributed by atoms with Gasteiger partial charge in [0.2, 0.25) is 17.7 Å². The van der Waals surface area contributed by atoms with Crippen LogP contribution in [0.3, 0.4) is 0 Å². The average Bonchev–Trinajstić information content (AvgIpc) is 2.52. The zero-order valence-electron chi connectivity index (χ0n) is 12.9. The predicted octanol–water partition coefficient (Wildman–Crippen LogP) is 1.41. The Hall–Kier alpha value is -2.11. The normalized spacial score (nSPS) is 18.5. The van der Waals surface area contributed by atoms with Crippen molar-refractivity contribution in [3.8, 4) is 5.88 Å². The summed E-state index contributed by atoms with van der Waals surface area (Å²) >= 11 is 0. The molecule has 0 spiro atoms. The number of aryl methyl sites for hydroxylation is 1. The number of aromatic nitrogens is 2. The van der Waals surface area contributed by atoms with E-state index in [-0.39, 0.29) is 11.9 Å². The van der Waals surface area contributed by atoms with Crippen LogP contribution in [-0.2, 0) is 4.79 Å². The molecule has 6 heteroatoms. The molecule has 1 unspecified atom stereocenters. The van der Waals surface area contributed by atoms with Crippen LogP contribution in [0.4, 0.5) is 5.95 Å². The van der Waals surface area contributed by atoms with Crippen LogP contribution in [0.25, 0.3) is 0 Å². The Labute approximate surface area is 125 Å². The van der Waals surface area contributed by atoms with Gasteiger partial charge in [0, 0.05) is 37.4 Å². The first-order chi connectivity index (χ1) is 10.1. The van der Waals surface area contributed by atoms with Crippen molar-refractivity contribution in [2.75, 3.05) is 31.6 Å². The lowest BCUT2D eigenvalue weighted by atomic mass is 10.1. The Morgan fingerprint density at radius 3 is 2.90 bits per heavy atom. The number of methoxy groups -OCH3 is 1. The Morgan fingerprint density at radius 1 is 1.52 bits per heavy atom. The molecule has 0 saturated carbocycles. The molecule has 0 aliphatic carbocycles. The van der Waals surface area contributed by atoms with Gasteiger partial charge in [-0.15, -0.1) is 0 Å². The highest BCUT2D eigenvalue weighted by molar-refractivity contribution is 5.87. The number of carbonyl (C=O) groups excluding carboxylic acids is 1. The summed E-state index contributed by atoms with van der Waals surface area (Å²) in [6.45, 7) is 9.61. The van der Waals surface area contributed by atoms with E-state index in [4.69, 9.17) is 4.74 Å². The van der Waals surface area contributed by atoms with Crippen LogP contribution in [0.15, 0.2) is 18.7 Å². The van der Waals surface area contributed by atoms with Gasteiger partial charge in [-0.3, -0.25) is 4.79 Å². The van der Waals surface area contributed by atoms with E-state index in [1.54, 1.807) is 7.11 Å². The van der Waals surface area contributed by atoms with Gasteiger partial charge in [-0.2, -0.15) is 4.98 Å². The molecule has 1 aromatic rings. The van der Waals surface area contributed by atoms with Crippen LogP contribution >= 0.6 is 0 Å². The third-order valence-corrected chi connectivity index (χ3v) is 3.73. The molecule has 1 aromatic heterocycles. The first kappa shape index (κ1) is 15.3. The smallest absolute Gasteiger partial charge is 0.246 e. The van der Waals surface area contributed by atoms with Crippen molar-refractivity contribution in [3.63, 3.8) is 0 Å². The van der Waals surface area contributed by atoms with Crippen LogP contribution in [0.5, 0.6) is 5.88 Å². The van der Waals surface area contributed by atoms with E-state index in [0.717, 1.165) is 12.1 Å². The van der Waals surface area contributed by atoms with E-state index in [1.165, 1.54) is 6.08 Å². The Kier molecular flexibility index (Phi) is 4.77. The van der Waals surface area contributed by atoms with Crippen molar-refractivity contribution < 1.29 is 9.53 Å². The maximum Gasteiger partial charge on any atom is 0.246 e. The summed E-state index contributed by atoms with van der Waals surface area (Å²) in [5.41, 5.74) is 0.872. The second-order valence-electron chi connectivity index (χ2n) is 5.10. The molecule has 0 N–H and O–H groups in total. The third kappa shape index (κ3) is 3.32. The quantitative estimate of drug-likeness (QED) is 0.785. The molecule has 2 heterocycles. The van der Waals surface area contributed by atoms with Crippen LogP contribution in [0.2, 0.25) is 0 Å². The van der Waals surface area contributed by atoms with E-state index >= 15 is 0 Å². The van der Waals surface area contributed by atoms with Gasteiger partial charge in [-0.1, -0.05) is 13.5 Å². The molecule has 0 bridgehead atoms. The number of nitrogens with zero attached hydrogens (tertiary/aromatic N) is 4. The van der Waals surface area contributed by atoms with Crippen molar-refractivity contribution in [1.29, 1.82) is 0 Å². The van der Waals surface area contributed by atoms with E-state index < -0.39 is 0 Å². The first-order valence-corrected chi connectivity index (χ1v) is 7.16. The second-order valence-corrected chi connectivity index (χ2v) is 5.10. The lowest BCUT2D eigenvalue weighted by Crippen LogP contribution is -2.55. The number of ether oxygens (including phenoxy) is 1. The monoisotopic (exact) mass is 290 g/mol. The van der Waals surface area contributed by atoms with Crippen molar-refractivity contribution in [1.82, 2.24) is 14.9 Å². The van der Waals surface area contributed by atoms with E-state index in [1.807, 2.05) is 17.9 Å². The zero-order chi connectivity index (χ0) is 15.4. The van der Waals surface area contributed by atoms with Gasteiger partial charge < -0.3 is 14.5 Å². The van der Waals surface area contributed by atoms with Crippen LogP contribution < -0.4 is 9.64 Å². The summed E-state index contributed by atoms with van der Waals surface area (Å²) in [7, 11) is 1.60. The maximum atomic E-state index is 11.8. The molecule has 0 aromatic carbocycles. The molecule has 1 fully saturated rings. The van der Waals surface area contributed by atoms with E-state index in [9.17, 15) is 4.79 Å². The minimum Gasteiger partial charge on any atom is -0.481 e. The number of hydrogen-bond acceptors (Lipinski definition) is 5. The van der Waals surface area contributed by atoms with Gasteiger partial charge in [0.15, 0.2) is 0 Å². The number of amides is 1. The molecule has 1 saturated heterocycles. The molecule has 2 rings (SSSR count). The molecule has 6 nitrogen and oxygen atoms in total. The van der Waals surface area contributed by atoms with Crippen LogP contribution in [0, 0.1) is 6.92 Å². The molecule has 1 atom stereocenters. The molecule has 1 aliphatic rings. The van der Waals surface area contributed by atoms with Crippen molar-refractivity contribution in [3.05, 3.63) is 24.4 Å². The fourth-order valence-corrected chi connectivity index (χ4v) is 2.55. The first-order valence-electron chi connectivity index (χ1n) is 7.16. The second kappa shape index (κ2) is 6.56. The van der Waals surface area contributed by atoms with Gasteiger partial charge in [-0.05, 0) is 19.4 Å². The summed E-state index contributed by atoms with van der Waals surface area (Å²) in [5, 5.41) is 0. The number of rotatable bonds is 4. The average molecular weight is 290 g/mol. The summed E-state index contributed by atoms with van der Waals surface area (Å²) < 4.78 is 5.22. The van der Waals surface area contributed by atoms with Gasteiger partial charge in [-0.25, -0.2) is 4.98 Å². The molecule has 1 aliphatic heterocycles. The standard InChI is InChI=1S/C15H22N4O2/c1-5-12-10-18(14(20)6-2)7-8-19(12)15-16-11(3)9-13(17-15)21-4/h6,9,12H,2,5,7-8,10H2,1,3-4H3. The van der Waals surface area contributed by atoms with Crippen LogP contribution in [-0.4, -0.2) is 53.6 Å². The summed E-state index contributed by atoms with van der Waals surface area (Å²) in [4.78, 5) is 24.7. The predicted molar refractivity (Wildman–Crippen MR) is 81.5 cm³/mol. The largest absolute Gasteiger partial charge is 0.481 e. The van der Waals surface area contributed by atoms with Crippen LogP contribution in [0.1, 0.15) is 19.0 Å². The van der Waals surface area contributed by atoms with Gasteiger partial charge in [0.05, 0.1) is 7.11 Å². The number of hydrogen-bond donors (Lipinski definition) is 0. The maximum absolute atomic E-state index is 11.8. The number of anilines is 1. The highest BCUT2D eigenvalue weighted by Gasteiger charge is 2.29. The highest BCUT2D eigenvalue weighted by atomic mass is 16.5. The van der Waals surface area contributed by atoms with E-state index in [2.05, 4.69) is 28.4 Å². The van der Waals surface area contributed by atoms with Gasteiger partial charge in [0.1, 0.15) is 0 Å². The van der Waals surface area contributed by atoms with Gasteiger partial charge >= 0.3 is 0 Å². The number of carbonyl (C=O) groups is 1. The number of piperazine rings is 1. The molecule has 114 valence electrons. The fourth-order valence-electron chi connectivity index (χ4n) is 2.55. The van der Waals surface area contributed by atoms with E-state index in [0.29, 0.717) is 31.5 Å². The summed E-state index contributed by atoms with van der Waals surface area (Å²) in [6, 6.07) is 2.01. The Balaban J connectivity index is 2.22. The van der Waals surface area contributed by atoms with Crippen molar-refractivity contribution >= 4 is 11.9 Å². The zero-order valence-corrected chi connectivity index (χ0v) is 12.9. The molecule has 1 amide bonds. The minimum atomic E-state index is -0.0177. The molecular formula is C15H22N4O2. The lowest BCUT2D eigenvalue weighted by Gasteiger charge is -2.41. The molecular weight excluding hydrogens is 268 g/mol. The lowest BCUT2D eigenvalue weighted by molar-refractivity contribution is -0.126. The Morgan fingerprint density at radius 2 is 2.29 bits per heavy atom. The highest BCUT2D eigenvalue weighted by Crippen LogP contribution is 2.21. The Bertz CT molecular complexity index is 532. The van der Waals surface area contributed by atoms with Gasteiger partial charge in [0.25, 0.3) is 0 Å². The molecule has 0 radical (unpaired) electrons. The summed E-state index contributed by atoms with van der Waals surface area (Å²) in [6.07, 6.45) is 2.29.